The molecule has 0 bridgehead atoms. The summed E-state index contributed by atoms with van der Waals surface area (Å²) in [4.78, 5) is 33.1. The molecule has 0 spiro atoms. The van der Waals surface area contributed by atoms with Gasteiger partial charge >= 0.3 is 0 Å². The van der Waals surface area contributed by atoms with E-state index in [4.69, 9.17) is 4.42 Å². The van der Waals surface area contributed by atoms with Gasteiger partial charge in [0.2, 0.25) is 0 Å². The van der Waals surface area contributed by atoms with Gasteiger partial charge in [-0.2, -0.15) is 0 Å². The number of hydrogen-bond acceptors (Lipinski definition) is 6. The van der Waals surface area contributed by atoms with E-state index >= 15 is 0 Å². The Balaban J connectivity index is 1.42. The Bertz CT molecular complexity index is 1070. The minimum Gasteiger partial charge on any atom is -0.467 e. The molecule has 0 N–H and O–H groups in total. The van der Waals surface area contributed by atoms with Crippen LogP contribution in [0.4, 0.5) is 5.69 Å². The predicted octanol–water partition coefficient (Wildman–Crippen LogP) is 3.44. The Morgan fingerprint density at radius 2 is 1.60 bits per heavy atom. The van der Waals surface area contributed by atoms with Gasteiger partial charge in [-0.1, -0.05) is 24.3 Å². The Kier molecular flexibility index (Phi) is 4.88. The summed E-state index contributed by atoms with van der Waals surface area (Å²) in [6.07, 6.45) is 1.55. The molecule has 5 rings (SSSR count). The number of hydrogen-bond donors (Lipinski definition) is 0. The number of furan rings is 1. The summed E-state index contributed by atoms with van der Waals surface area (Å²) in [5, 5.41) is 1.93. The zero-order valence-electron chi connectivity index (χ0n) is 16.4. The maximum absolute atomic E-state index is 13.4. The number of carbonyl (C=O) groups is 2. The van der Waals surface area contributed by atoms with Crippen LogP contribution in [0.5, 0.6) is 0 Å². The number of thiophene rings is 1. The van der Waals surface area contributed by atoms with Crippen LogP contribution in [-0.2, 0) is 16.1 Å². The summed E-state index contributed by atoms with van der Waals surface area (Å²) >= 11 is 1.48. The number of anilines is 1. The van der Waals surface area contributed by atoms with Gasteiger partial charge < -0.3 is 14.2 Å². The van der Waals surface area contributed by atoms with Gasteiger partial charge in [0.15, 0.2) is 0 Å². The molecule has 0 unspecified atom stereocenters. The Morgan fingerprint density at radius 1 is 0.833 bits per heavy atom. The molecule has 3 aromatic rings. The van der Waals surface area contributed by atoms with E-state index in [1.807, 2.05) is 35.7 Å². The van der Waals surface area contributed by atoms with Crippen molar-refractivity contribution in [2.45, 2.75) is 6.54 Å². The normalized spacial score (nSPS) is 17.4. The van der Waals surface area contributed by atoms with Crippen molar-refractivity contribution in [1.29, 1.82) is 0 Å². The third-order valence-corrected chi connectivity index (χ3v) is 6.41. The molecule has 1 fully saturated rings. The molecule has 7 heteroatoms. The van der Waals surface area contributed by atoms with Crippen LogP contribution in [0, 0.1) is 0 Å². The fourth-order valence-corrected chi connectivity index (χ4v) is 4.79. The van der Waals surface area contributed by atoms with E-state index in [2.05, 4.69) is 21.9 Å². The molecule has 2 amide bonds. The van der Waals surface area contributed by atoms with Crippen LogP contribution in [-0.4, -0.2) is 47.8 Å². The molecule has 0 aliphatic carbocycles. The SMILES string of the molecule is O=C1C(c2cccs2)=C(N2CCN(c3ccccc3)CC2)C(=O)N1Cc1ccco1. The standard InChI is InChI=1S/C23H21N3O3S/c27-22-20(19-9-5-15-30-19)21(23(28)26(22)16-18-8-4-14-29-18)25-12-10-24(11-13-25)17-6-2-1-3-7-17/h1-9,14-15H,10-13,16H2. The van der Waals surface area contributed by atoms with Crippen LogP contribution in [0.3, 0.4) is 0 Å². The summed E-state index contributed by atoms with van der Waals surface area (Å²) in [6.45, 7) is 3.11. The maximum Gasteiger partial charge on any atom is 0.278 e. The number of carbonyl (C=O) groups excluding carboxylic acids is 2. The quantitative estimate of drug-likeness (QED) is 0.593. The number of amides is 2. The summed E-state index contributed by atoms with van der Waals surface area (Å²) in [6, 6.07) is 17.6. The van der Waals surface area contributed by atoms with Crippen molar-refractivity contribution in [2.24, 2.45) is 0 Å². The van der Waals surface area contributed by atoms with Gasteiger partial charge in [0.05, 0.1) is 18.4 Å². The van der Waals surface area contributed by atoms with Gasteiger partial charge in [-0.05, 0) is 35.7 Å². The van der Waals surface area contributed by atoms with Crippen LogP contribution < -0.4 is 4.90 Å². The second kappa shape index (κ2) is 7.84. The number of rotatable bonds is 5. The topological polar surface area (TPSA) is 57.0 Å². The number of nitrogens with zero attached hydrogens (tertiary/aromatic N) is 3. The van der Waals surface area contributed by atoms with Crippen molar-refractivity contribution in [1.82, 2.24) is 9.80 Å². The van der Waals surface area contributed by atoms with Crippen molar-refractivity contribution in [2.75, 3.05) is 31.1 Å². The Labute approximate surface area is 178 Å². The molecular formula is C23H21N3O3S. The largest absolute Gasteiger partial charge is 0.467 e. The average Bonchev–Trinajstić information content (AvgIpc) is 3.53. The van der Waals surface area contributed by atoms with Crippen LogP contribution in [0.2, 0.25) is 0 Å². The maximum atomic E-state index is 13.4. The summed E-state index contributed by atoms with van der Waals surface area (Å²) in [7, 11) is 0. The van der Waals surface area contributed by atoms with Gasteiger partial charge in [0.1, 0.15) is 11.5 Å². The Morgan fingerprint density at radius 3 is 2.27 bits per heavy atom. The summed E-state index contributed by atoms with van der Waals surface area (Å²) < 4.78 is 5.38. The van der Waals surface area contributed by atoms with Crippen LogP contribution in [0.25, 0.3) is 5.57 Å². The van der Waals surface area contributed by atoms with Crippen molar-refractivity contribution in [3.63, 3.8) is 0 Å². The third kappa shape index (κ3) is 3.31. The lowest BCUT2D eigenvalue weighted by Crippen LogP contribution is -2.47. The first kappa shape index (κ1) is 18.7. The second-order valence-corrected chi connectivity index (χ2v) is 8.23. The first-order valence-electron chi connectivity index (χ1n) is 9.94. The fourth-order valence-electron chi connectivity index (χ4n) is 4.03. The minimum absolute atomic E-state index is 0.146. The molecule has 152 valence electrons. The molecule has 2 aromatic heterocycles. The first-order valence-corrected chi connectivity index (χ1v) is 10.8. The van der Waals surface area contributed by atoms with E-state index in [-0.39, 0.29) is 18.4 Å². The highest BCUT2D eigenvalue weighted by Gasteiger charge is 2.42. The molecule has 30 heavy (non-hydrogen) atoms. The van der Waals surface area contributed by atoms with Crippen LogP contribution >= 0.6 is 11.3 Å². The van der Waals surface area contributed by atoms with E-state index in [0.29, 0.717) is 30.1 Å². The van der Waals surface area contributed by atoms with Crippen molar-refractivity contribution < 1.29 is 14.0 Å². The van der Waals surface area contributed by atoms with Gasteiger partial charge in [0, 0.05) is 36.7 Å². The van der Waals surface area contributed by atoms with Crippen molar-refractivity contribution >= 4 is 34.4 Å². The molecule has 2 aliphatic heterocycles. The minimum atomic E-state index is -0.251. The van der Waals surface area contributed by atoms with Crippen molar-refractivity contribution in [3.05, 3.63) is 82.6 Å². The zero-order chi connectivity index (χ0) is 20.5. The van der Waals surface area contributed by atoms with Gasteiger partial charge in [-0.15, -0.1) is 11.3 Å². The fraction of sp³-hybridized carbons (Fsp3) is 0.217. The molecule has 1 saturated heterocycles. The molecule has 4 heterocycles. The lowest BCUT2D eigenvalue weighted by molar-refractivity contribution is -0.138. The summed E-state index contributed by atoms with van der Waals surface area (Å²) in [5.74, 6) is 0.102. The molecule has 0 saturated carbocycles. The van der Waals surface area contributed by atoms with Gasteiger partial charge in [-0.25, -0.2) is 0 Å². The molecule has 2 aliphatic rings. The van der Waals surface area contributed by atoms with E-state index < -0.39 is 0 Å². The highest BCUT2D eigenvalue weighted by Crippen LogP contribution is 2.35. The number of piperazine rings is 1. The first-order chi connectivity index (χ1) is 14.7. The lowest BCUT2D eigenvalue weighted by Gasteiger charge is -2.37. The monoisotopic (exact) mass is 419 g/mol. The van der Waals surface area contributed by atoms with E-state index in [1.54, 1.807) is 18.4 Å². The molecule has 0 atom stereocenters. The predicted molar refractivity (Wildman–Crippen MR) is 116 cm³/mol. The van der Waals surface area contributed by atoms with Gasteiger partial charge in [0.25, 0.3) is 11.8 Å². The van der Waals surface area contributed by atoms with Crippen molar-refractivity contribution in [3.8, 4) is 0 Å². The molecule has 6 nitrogen and oxygen atoms in total. The van der Waals surface area contributed by atoms with Crippen LogP contribution in [0.1, 0.15) is 10.6 Å². The molecule has 1 aromatic carbocycles. The Hall–Kier alpha value is -3.32. The van der Waals surface area contributed by atoms with E-state index in [9.17, 15) is 9.59 Å². The van der Waals surface area contributed by atoms with Gasteiger partial charge in [-0.3, -0.25) is 14.5 Å². The summed E-state index contributed by atoms with van der Waals surface area (Å²) in [5.41, 5.74) is 2.20. The lowest BCUT2D eigenvalue weighted by atomic mass is 10.1. The number of benzene rings is 1. The number of imide groups is 1. The smallest absolute Gasteiger partial charge is 0.278 e. The third-order valence-electron chi connectivity index (χ3n) is 5.52. The zero-order valence-corrected chi connectivity index (χ0v) is 17.2. The van der Waals surface area contributed by atoms with E-state index in [1.165, 1.54) is 21.9 Å². The van der Waals surface area contributed by atoms with E-state index in [0.717, 1.165) is 18.0 Å². The highest BCUT2D eigenvalue weighted by atomic mass is 32.1. The van der Waals surface area contributed by atoms with Crippen LogP contribution in [0.15, 0.2) is 76.4 Å². The average molecular weight is 420 g/mol. The highest BCUT2D eigenvalue weighted by molar-refractivity contribution is 7.11. The number of para-hydroxylation sites is 1. The molecule has 0 radical (unpaired) electrons. The molecular weight excluding hydrogens is 398 g/mol. The second-order valence-electron chi connectivity index (χ2n) is 7.29.